The van der Waals surface area contributed by atoms with Crippen molar-refractivity contribution < 1.29 is 35.9 Å². The maximum absolute atomic E-state index is 13.5. The van der Waals surface area contributed by atoms with Crippen LogP contribution in [0.1, 0.15) is 50.3 Å². The summed E-state index contributed by atoms with van der Waals surface area (Å²) < 4.78 is 86.4. The zero-order valence-corrected chi connectivity index (χ0v) is 24.8. The number of alkyl halides is 6. The monoisotopic (exact) mass is 629 g/mol. The Labute approximate surface area is 252 Å². The highest BCUT2D eigenvalue weighted by molar-refractivity contribution is 6.30. The number of carbonyl (C=O) groups excluding carboxylic acids is 1. The van der Waals surface area contributed by atoms with Crippen molar-refractivity contribution >= 4 is 23.3 Å². The summed E-state index contributed by atoms with van der Waals surface area (Å²) in [5, 5.41) is 2.82. The number of nitrogens with zero attached hydrogens (tertiary/aromatic N) is 2. The average Bonchev–Trinajstić information content (AvgIpc) is 2.94. The van der Waals surface area contributed by atoms with E-state index < -0.39 is 41.2 Å². The number of benzene rings is 3. The van der Waals surface area contributed by atoms with E-state index >= 15 is 0 Å². The van der Waals surface area contributed by atoms with Crippen LogP contribution >= 0.6 is 11.6 Å². The molecule has 0 heterocycles. The number of amides is 2. The summed E-state index contributed by atoms with van der Waals surface area (Å²) in [6.07, 6.45) is -8.79. The van der Waals surface area contributed by atoms with Crippen LogP contribution in [0.25, 0.3) is 0 Å². The van der Waals surface area contributed by atoms with Gasteiger partial charge in [-0.15, -0.1) is 0 Å². The Morgan fingerprint density at radius 3 is 2.05 bits per heavy atom. The largest absolute Gasteiger partial charge is 0.457 e. The predicted octanol–water partition coefficient (Wildman–Crippen LogP) is 9.71. The Hall–Kier alpha value is -3.44. The van der Waals surface area contributed by atoms with Crippen LogP contribution in [0.15, 0.2) is 66.7 Å². The Morgan fingerprint density at radius 1 is 0.884 bits per heavy atom. The third-order valence-electron chi connectivity index (χ3n) is 6.92. The predicted molar refractivity (Wildman–Crippen MR) is 155 cm³/mol. The molecule has 2 amide bonds. The van der Waals surface area contributed by atoms with Crippen molar-refractivity contribution in [3.8, 4) is 11.5 Å². The van der Waals surface area contributed by atoms with Gasteiger partial charge in [0, 0.05) is 23.3 Å². The maximum Gasteiger partial charge on any atom is 0.416 e. The Morgan fingerprint density at radius 2 is 1.49 bits per heavy atom. The molecule has 0 bridgehead atoms. The molecule has 1 atom stereocenters. The number of urea groups is 1. The van der Waals surface area contributed by atoms with Crippen molar-refractivity contribution in [3.05, 3.63) is 88.4 Å². The van der Waals surface area contributed by atoms with Gasteiger partial charge in [-0.3, -0.25) is 0 Å². The van der Waals surface area contributed by atoms with Crippen molar-refractivity contribution in [1.29, 1.82) is 0 Å². The summed E-state index contributed by atoms with van der Waals surface area (Å²) in [5.74, 6) is 1.01. The molecule has 1 N–H and O–H groups in total. The lowest BCUT2D eigenvalue weighted by atomic mass is 10.1. The van der Waals surface area contributed by atoms with Gasteiger partial charge in [0.2, 0.25) is 0 Å². The minimum Gasteiger partial charge on any atom is -0.457 e. The molecule has 0 radical (unpaired) electrons. The van der Waals surface area contributed by atoms with Gasteiger partial charge in [0.05, 0.1) is 11.1 Å². The maximum atomic E-state index is 13.5. The number of carbonyl (C=O) groups is 1. The number of anilines is 1. The zero-order valence-electron chi connectivity index (χ0n) is 24.0. The number of halogens is 7. The van der Waals surface area contributed by atoms with Crippen LogP contribution in [0, 0.1) is 0 Å². The molecule has 0 spiro atoms. The summed E-state index contributed by atoms with van der Waals surface area (Å²) >= 11 is 5.93. The van der Waals surface area contributed by atoms with Crippen LogP contribution in [0.2, 0.25) is 5.02 Å². The molecular weight excluding hydrogens is 596 g/mol. The molecule has 3 aromatic carbocycles. The molecule has 43 heavy (non-hydrogen) atoms. The van der Waals surface area contributed by atoms with Crippen LogP contribution in [-0.4, -0.2) is 41.5 Å². The first kappa shape index (κ1) is 34.1. The van der Waals surface area contributed by atoms with Crippen molar-refractivity contribution in [2.24, 2.45) is 0 Å². The molecule has 0 aliphatic heterocycles. The lowest BCUT2D eigenvalue weighted by molar-refractivity contribution is -0.143. The lowest BCUT2D eigenvalue weighted by Crippen LogP contribution is -2.41. The summed E-state index contributed by atoms with van der Waals surface area (Å²) in [6, 6.07) is 13.4. The van der Waals surface area contributed by atoms with E-state index in [0.717, 1.165) is 26.1 Å². The van der Waals surface area contributed by atoms with Crippen LogP contribution < -0.4 is 10.1 Å². The fourth-order valence-corrected chi connectivity index (χ4v) is 4.62. The first-order chi connectivity index (χ1) is 20.2. The van der Waals surface area contributed by atoms with E-state index in [9.17, 15) is 31.1 Å². The number of ether oxygens (including phenoxy) is 1. The van der Waals surface area contributed by atoms with Crippen molar-refractivity contribution in [1.82, 2.24) is 9.80 Å². The molecule has 5 nitrogen and oxygen atoms in total. The van der Waals surface area contributed by atoms with Gasteiger partial charge in [0.25, 0.3) is 0 Å². The minimum absolute atomic E-state index is 0.0233. The minimum atomic E-state index is -5.04. The van der Waals surface area contributed by atoms with E-state index in [1.807, 2.05) is 13.8 Å². The zero-order chi connectivity index (χ0) is 31.8. The van der Waals surface area contributed by atoms with Gasteiger partial charge < -0.3 is 19.9 Å². The lowest BCUT2D eigenvalue weighted by Gasteiger charge is -2.30. The summed E-state index contributed by atoms with van der Waals surface area (Å²) in [5.41, 5.74) is -2.98. The van der Waals surface area contributed by atoms with Gasteiger partial charge >= 0.3 is 18.4 Å². The summed E-state index contributed by atoms with van der Waals surface area (Å²) in [6.45, 7) is 8.38. The van der Waals surface area contributed by atoms with E-state index in [1.54, 1.807) is 55.5 Å². The molecule has 0 aliphatic rings. The van der Waals surface area contributed by atoms with Gasteiger partial charge in [0.1, 0.15) is 11.5 Å². The molecular formula is C31H34ClF6N3O2. The number of nitrogens with one attached hydrogen (secondary N) is 1. The quantitative estimate of drug-likeness (QED) is 0.203. The Kier molecular flexibility index (Phi) is 11.7. The Balaban J connectivity index is 1.88. The number of hydrogen-bond acceptors (Lipinski definition) is 3. The van der Waals surface area contributed by atoms with Crippen molar-refractivity contribution in [2.45, 2.75) is 58.6 Å². The van der Waals surface area contributed by atoms with Gasteiger partial charge in [-0.1, -0.05) is 37.6 Å². The third-order valence-corrected chi connectivity index (χ3v) is 7.18. The molecule has 12 heteroatoms. The summed E-state index contributed by atoms with van der Waals surface area (Å²) in [4.78, 5) is 17.1. The van der Waals surface area contributed by atoms with E-state index in [2.05, 4.69) is 10.2 Å². The van der Waals surface area contributed by atoms with Gasteiger partial charge in [-0.05, 0) is 99.6 Å². The molecule has 0 aliphatic carbocycles. The van der Waals surface area contributed by atoms with Crippen LogP contribution in [0.5, 0.6) is 11.5 Å². The molecule has 0 saturated carbocycles. The SMILES string of the molecule is CCN(CC)CCCC(C)N(Cc1cccc(Oc2ccc(Cl)cc2)c1)C(=O)Nc1cc(C(F)(F)F)cc(C(F)(F)F)c1. The van der Waals surface area contributed by atoms with Crippen LogP contribution in [0.4, 0.5) is 36.8 Å². The molecule has 3 rings (SSSR count). The third kappa shape index (κ3) is 10.4. The summed E-state index contributed by atoms with van der Waals surface area (Å²) in [7, 11) is 0. The highest BCUT2D eigenvalue weighted by Gasteiger charge is 2.37. The first-order valence-corrected chi connectivity index (χ1v) is 14.2. The van der Waals surface area contributed by atoms with Crippen LogP contribution in [-0.2, 0) is 18.9 Å². The number of hydrogen-bond donors (Lipinski definition) is 1. The normalized spacial score (nSPS) is 12.7. The van der Waals surface area contributed by atoms with Crippen molar-refractivity contribution in [2.75, 3.05) is 25.0 Å². The van der Waals surface area contributed by atoms with Gasteiger partial charge in [0.15, 0.2) is 0 Å². The fraction of sp³-hybridized carbons (Fsp3) is 0.387. The van der Waals surface area contributed by atoms with Crippen LogP contribution in [0.3, 0.4) is 0 Å². The molecule has 0 aromatic heterocycles. The fourth-order valence-electron chi connectivity index (χ4n) is 4.50. The topological polar surface area (TPSA) is 44.8 Å². The molecule has 234 valence electrons. The second-order valence-corrected chi connectivity index (χ2v) is 10.5. The van der Waals surface area contributed by atoms with Gasteiger partial charge in [-0.25, -0.2) is 4.79 Å². The first-order valence-electron chi connectivity index (χ1n) is 13.8. The molecule has 0 saturated heterocycles. The second kappa shape index (κ2) is 14.8. The molecule has 0 fully saturated rings. The highest BCUT2D eigenvalue weighted by atomic mass is 35.5. The second-order valence-electron chi connectivity index (χ2n) is 10.1. The highest BCUT2D eigenvalue weighted by Crippen LogP contribution is 2.37. The van der Waals surface area contributed by atoms with Gasteiger partial charge in [-0.2, -0.15) is 26.3 Å². The molecule has 3 aromatic rings. The van der Waals surface area contributed by atoms with E-state index in [0.29, 0.717) is 40.6 Å². The van der Waals surface area contributed by atoms with Crippen molar-refractivity contribution in [3.63, 3.8) is 0 Å². The smallest absolute Gasteiger partial charge is 0.416 e. The van der Waals surface area contributed by atoms with E-state index in [-0.39, 0.29) is 12.6 Å². The molecule has 1 unspecified atom stereocenters. The standard InChI is InChI=1S/C31H34ClF6N3O2/c1-4-40(5-2)15-7-8-21(3)41(20-22-9-6-10-28(16-22)43-27-13-11-25(32)12-14-27)29(42)39-26-18-23(30(33,34)35)17-24(19-26)31(36,37)38/h6,9-14,16-19,21H,4-5,7-8,15,20H2,1-3H3,(H,39,42). The Bertz CT molecular complexity index is 1310. The average molecular weight is 630 g/mol. The van der Waals surface area contributed by atoms with E-state index in [1.165, 1.54) is 4.90 Å². The van der Waals surface area contributed by atoms with E-state index in [4.69, 9.17) is 16.3 Å². The number of rotatable bonds is 12.